The van der Waals surface area contributed by atoms with Gasteiger partial charge in [-0.15, -0.1) is 24.0 Å². The van der Waals surface area contributed by atoms with Crippen molar-refractivity contribution in [1.29, 1.82) is 0 Å². The van der Waals surface area contributed by atoms with Gasteiger partial charge in [-0.25, -0.2) is 0 Å². The van der Waals surface area contributed by atoms with Gasteiger partial charge in [-0.2, -0.15) is 0 Å². The molecule has 1 N–H and O–H groups in total. The first kappa shape index (κ1) is 25.7. The van der Waals surface area contributed by atoms with Gasteiger partial charge >= 0.3 is 0 Å². The minimum Gasteiger partial charge on any atom is -0.496 e. The van der Waals surface area contributed by atoms with Crippen molar-refractivity contribution in [3.8, 4) is 5.75 Å². The van der Waals surface area contributed by atoms with Gasteiger partial charge in [-0.05, 0) is 25.8 Å². The Bertz CT molecular complexity index is 718. The van der Waals surface area contributed by atoms with Crippen molar-refractivity contribution in [3.05, 3.63) is 29.8 Å². The molecule has 1 aliphatic carbocycles. The highest BCUT2D eigenvalue weighted by atomic mass is 127. The first-order valence-corrected chi connectivity index (χ1v) is 11.2. The van der Waals surface area contributed by atoms with Gasteiger partial charge in [0.1, 0.15) is 5.75 Å². The Morgan fingerprint density at radius 1 is 1.23 bits per heavy atom. The number of aliphatic imine (C=N–C) groups is 1. The van der Waals surface area contributed by atoms with E-state index >= 15 is 0 Å². The molecule has 1 aromatic carbocycles. The number of halogens is 1. The van der Waals surface area contributed by atoms with Gasteiger partial charge in [-0.1, -0.05) is 24.6 Å². The summed E-state index contributed by atoms with van der Waals surface area (Å²) in [6.07, 6.45) is 3.39. The average molecular weight is 543 g/mol. The fraction of sp³-hybridized carbons (Fsp3) is 0.652. The molecule has 0 spiro atoms. The number of para-hydroxylation sites is 1. The Labute approximate surface area is 204 Å². The molecule has 1 saturated heterocycles. The summed E-state index contributed by atoms with van der Waals surface area (Å²) in [7, 11) is 3.76. The smallest absolute Gasteiger partial charge is 0.225 e. The van der Waals surface area contributed by atoms with Crippen LogP contribution in [0.15, 0.2) is 29.3 Å². The van der Waals surface area contributed by atoms with Gasteiger partial charge in [0.05, 0.1) is 13.7 Å². The summed E-state index contributed by atoms with van der Waals surface area (Å²) in [5.41, 5.74) is 1.14. The number of nitrogens with zero attached hydrogens (tertiary/aromatic N) is 4. The molecule has 0 radical (unpaired) electrons. The number of piperazine rings is 1. The number of hydrogen-bond acceptors (Lipinski definition) is 4. The number of carbonyl (C=O) groups is 1. The summed E-state index contributed by atoms with van der Waals surface area (Å²) in [4.78, 5) is 23.8. The summed E-state index contributed by atoms with van der Waals surface area (Å²) >= 11 is 0. The molecule has 1 aliphatic heterocycles. The van der Waals surface area contributed by atoms with E-state index in [1.807, 2.05) is 18.2 Å². The number of methoxy groups -OCH3 is 1. The number of rotatable bonds is 8. The first-order valence-electron chi connectivity index (χ1n) is 11.2. The van der Waals surface area contributed by atoms with Crippen LogP contribution in [0.2, 0.25) is 0 Å². The van der Waals surface area contributed by atoms with Gasteiger partial charge < -0.3 is 19.9 Å². The lowest BCUT2D eigenvalue weighted by molar-refractivity contribution is -0.139. The highest BCUT2D eigenvalue weighted by molar-refractivity contribution is 14.0. The van der Waals surface area contributed by atoms with Crippen molar-refractivity contribution in [2.45, 2.75) is 32.7 Å². The van der Waals surface area contributed by atoms with Crippen molar-refractivity contribution in [2.75, 3.05) is 60.0 Å². The fourth-order valence-corrected chi connectivity index (χ4v) is 4.04. The van der Waals surface area contributed by atoms with Crippen LogP contribution < -0.4 is 10.1 Å². The molecular formula is C23H38IN5O2. The highest BCUT2D eigenvalue weighted by Gasteiger charge is 2.31. The molecule has 7 nitrogen and oxygen atoms in total. The zero-order chi connectivity index (χ0) is 21.3. The van der Waals surface area contributed by atoms with E-state index in [0.29, 0.717) is 11.8 Å². The third-order valence-corrected chi connectivity index (χ3v) is 6.11. The number of ether oxygens (including phenoxy) is 1. The number of benzene rings is 1. The van der Waals surface area contributed by atoms with E-state index in [1.165, 1.54) is 6.42 Å². The maximum atomic E-state index is 12.4. The Morgan fingerprint density at radius 3 is 2.55 bits per heavy atom. The molecule has 3 rings (SSSR count). The van der Waals surface area contributed by atoms with Crippen LogP contribution in [0.1, 0.15) is 31.7 Å². The maximum absolute atomic E-state index is 12.4. The molecule has 1 heterocycles. The molecule has 0 aromatic heterocycles. The van der Waals surface area contributed by atoms with Gasteiger partial charge in [0.2, 0.25) is 5.91 Å². The van der Waals surface area contributed by atoms with Crippen molar-refractivity contribution >= 4 is 35.8 Å². The molecule has 31 heavy (non-hydrogen) atoms. The Kier molecular flexibility index (Phi) is 10.9. The van der Waals surface area contributed by atoms with Gasteiger partial charge in [0.15, 0.2) is 5.96 Å². The largest absolute Gasteiger partial charge is 0.496 e. The van der Waals surface area contributed by atoms with Gasteiger partial charge in [-0.3, -0.25) is 14.7 Å². The second-order valence-corrected chi connectivity index (χ2v) is 8.20. The van der Waals surface area contributed by atoms with Crippen LogP contribution in [0.25, 0.3) is 0 Å². The third kappa shape index (κ3) is 7.24. The summed E-state index contributed by atoms with van der Waals surface area (Å²) < 4.78 is 5.48. The third-order valence-electron chi connectivity index (χ3n) is 6.11. The molecule has 1 saturated carbocycles. The minimum absolute atomic E-state index is 0. The lowest BCUT2D eigenvalue weighted by Crippen LogP contribution is -2.51. The number of guanidine groups is 1. The van der Waals surface area contributed by atoms with Crippen LogP contribution >= 0.6 is 24.0 Å². The lowest BCUT2D eigenvalue weighted by Gasteiger charge is -2.38. The topological polar surface area (TPSA) is 60.4 Å². The zero-order valence-corrected chi connectivity index (χ0v) is 21.5. The van der Waals surface area contributed by atoms with E-state index in [-0.39, 0.29) is 24.0 Å². The SMILES string of the molecule is CCNC(=NCCN1CCN(C(=O)C2CCC2)CC1)N(C)Cc1ccccc1OC.I. The van der Waals surface area contributed by atoms with E-state index in [1.54, 1.807) is 7.11 Å². The molecule has 0 bridgehead atoms. The molecule has 0 atom stereocenters. The number of hydrogen-bond donors (Lipinski definition) is 1. The summed E-state index contributed by atoms with van der Waals surface area (Å²) in [5, 5.41) is 3.39. The van der Waals surface area contributed by atoms with Crippen LogP contribution in [0.4, 0.5) is 0 Å². The molecule has 2 aliphatic rings. The Hall–Kier alpha value is -1.55. The van der Waals surface area contributed by atoms with Crippen molar-refractivity contribution < 1.29 is 9.53 Å². The standard InChI is InChI=1S/C23H37N5O2.HI/c1-4-24-23(26(2)18-20-8-5-6-11-21(20)30-3)25-12-13-27-14-16-28(17-15-27)22(29)19-9-7-10-19;/h5-6,8,11,19H,4,7,9-10,12-18H2,1-3H3,(H,24,25);1H. The molecule has 2 fully saturated rings. The van der Waals surface area contributed by atoms with E-state index in [4.69, 9.17) is 9.73 Å². The quantitative estimate of drug-likeness (QED) is 0.311. The maximum Gasteiger partial charge on any atom is 0.225 e. The Morgan fingerprint density at radius 2 is 1.94 bits per heavy atom. The second kappa shape index (κ2) is 13.1. The lowest BCUT2D eigenvalue weighted by atomic mass is 9.84. The van der Waals surface area contributed by atoms with Gasteiger partial charge in [0, 0.05) is 64.3 Å². The highest BCUT2D eigenvalue weighted by Crippen LogP contribution is 2.28. The molecule has 174 valence electrons. The van der Waals surface area contributed by atoms with E-state index in [2.05, 4.69) is 40.1 Å². The predicted octanol–water partition coefficient (Wildman–Crippen LogP) is 2.65. The minimum atomic E-state index is 0. The number of amides is 1. The molecule has 1 amide bonds. The average Bonchev–Trinajstić information content (AvgIpc) is 2.72. The van der Waals surface area contributed by atoms with E-state index < -0.39 is 0 Å². The summed E-state index contributed by atoms with van der Waals surface area (Å²) in [6, 6.07) is 8.10. The Balaban J connectivity index is 0.00000341. The van der Waals surface area contributed by atoms with Crippen LogP contribution in [-0.4, -0.2) is 86.5 Å². The van der Waals surface area contributed by atoms with Crippen molar-refractivity contribution in [1.82, 2.24) is 20.0 Å². The van der Waals surface area contributed by atoms with E-state index in [0.717, 1.165) is 82.5 Å². The molecular weight excluding hydrogens is 505 g/mol. The van der Waals surface area contributed by atoms with Crippen molar-refractivity contribution in [3.63, 3.8) is 0 Å². The molecule has 0 unspecified atom stereocenters. The first-order chi connectivity index (χ1) is 14.6. The number of nitrogens with one attached hydrogen (secondary N) is 1. The van der Waals surface area contributed by atoms with Gasteiger partial charge in [0.25, 0.3) is 0 Å². The van der Waals surface area contributed by atoms with Crippen molar-refractivity contribution in [2.24, 2.45) is 10.9 Å². The normalized spacial score (nSPS) is 17.5. The van der Waals surface area contributed by atoms with Crippen LogP contribution in [-0.2, 0) is 11.3 Å². The summed E-state index contributed by atoms with van der Waals surface area (Å²) in [5.74, 6) is 2.49. The van der Waals surface area contributed by atoms with Crippen LogP contribution in [0.3, 0.4) is 0 Å². The van der Waals surface area contributed by atoms with Crippen LogP contribution in [0.5, 0.6) is 5.75 Å². The summed E-state index contributed by atoms with van der Waals surface area (Å²) in [6.45, 7) is 8.92. The van der Waals surface area contributed by atoms with E-state index in [9.17, 15) is 4.79 Å². The number of carbonyl (C=O) groups excluding carboxylic acids is 1. The molecule has 8 heteroatoms. The fourth-order valence-electron chi connectivity index (χ4n) is 4.04. The predicted molar refractivity (Wildman–Crippen MR) is 136 cm³/mol. The zero-order valence-electron chi connectivity index (χ0n) is 19.2. The molecule has 1 aromatic rings. The monoisotopic (exact) mass is 543 g/mol. The second-order valence-electron chi connectivity index (χ2n) is 8.20. The van der Waals surface area contributed by atoms with Crippen LogP contribution in [0, 0.1) is 5.92 Å².